The topological polar surface area (TPSA) is 190 Å². The van der Waals surface area contributed by atoms with Crippen LogP contribution < -0.4 is 24.3 Å². The van der Waals surface area contributed by atoms with E-state index in [1.165, 1.54) is 5.56 Å². The number of benzene rings is 7. The van der Waals surface area contributed by atoms with Gasteiger partial charge in [-0.1, -0.05) is 151 Å². The minimum absolute atomic E-state index is 0. The van der Waals surface area contributed by atoms with Crippen LogP contribution in [0.25, 0.3) is 10.9 Å². The summed E-state index contributed by atoms with van der Waals surface area (Å²) in [5, 5.41) is 22.2. The van der Waals surface area contributed by atoms with Gasteiger partial charge in [-0.15, -0.1) is 0 Å². The first-order valence-electron chi connectivity index (χ1n) is 34.0. The summed E-state index contributed by atoms with van der Waals surface area (Å²) >= 11 is 0. The van der Waals surface area contributed by atoms with E-state index >= 15 is 4.39 Å². The molecule has 0 bridgehead atoms. The Morgan fingerprint density at radius 3 is 1.44 bits per heavy atom. The van der Waals surface area contributed by atoms with Gasteiger partial charge in [0.2, 0.25) is 13.6 Å². The van der Waals surface area contributed by atoms with Crippen LogP contribution in [0.3, 0.4) is 0 Å². The number of ketones is 2. The third kappa shape index (κ3) is 21.6. The maximum absolute atomic E-state index is 15.2. The van der Waals surface area contributed by atoms with Gasteiger partial charge in [-0.05, 0) is 143 Å². The van der Waals surface area contributed by atoms with Crippen LogP contribution in [0.5, 0.6) is 23.0 Å². The molecule has 15 nitrogen and oxygen atoms in total. The summed E-state index contributed by atoms with van der Waals surface area (Å²) in [6.45, 7) is 17.7. The Morgan fingerprint density at radius 2 is 1.01 bits per heavy atom. The van der Waals surface area contributed by atoms with Gasteiger partial charge in [0.15, 0.2) is 23.0 Å². The van der Waals surface area contributed by atoms with Crippen molar-refractivity contribution in [1.29, 1.82) is 0 Å². The number of aliphatic hydroxyl groups excluding tert-OH is 2. The fourth-order valence-corrected chi connectivity index (χ4v) is 12.1. The van der Waals surface area contributed by atoms with Crippen LogP contribution in [0, 0.1) is 24.5 Å². The van der Waals surface area contributed by atoms with Gasteiger partial charge in [0, 0.05) is 101 Å². The van der Waals surface area contributed by atoms with Gasteiger partial charge in [0.25, 0.3) is 0 Å². The number of fused-ring (bicyclic) bond motifs is 4. The predicted octanol–water partition coefficient (Wildman–Crippen LogP) is 15.4. The molecule has 0 amide bonds. The fourth-order valence-electron chi connectivity index (χ4n) is 12.1. The quantitative estimate of drug-likeness (QED) is 0.0201. The Hall–Kier alpha value is -7.92. The summed E-state index contributed by atoms with van der Waals surface area (Å²) < 4.78 is 69.6. The third-order valence-corrected chi connectivity index (χ3v) is 18.1. The Balaban J connectivity index is 0.000000189. The van der Waals surface area contributed by atoms with Gasteiger partial charge in [0.05, 0.1) is 49.4 Å². The number of rotatable bonds is 26. The van der Waals surface area contributed by atoms with E-state index in [0.717, 1.165) is 94.8 Å². The number of ether oxygens (including phenoxy) is 7. The Morgan fingerprint density at radius 1 is 0.570 bits per heavy atom. The van der Waals surface area contributed by atoms with Crippen LogP contribution in [-0.2, 0) is 116 Å². The van der Waals surface area contributed by atoms with E-state index in [9.17, 15) is 28.7 Å². The number of carbonyl (C=O) groups is 4. The van der Waals surface area contributed by atoms with Crippen LogP contribution in [0.1, 0.15) is 143 Å². The molecular weight excluding hydrogens is 1370 g/mol. The molecule has 538 valence electrons. The van der Waals surface area contributed by atoms with Crippen LogP contribution in [0.2, 0.25) is 0 Å². The second kappa shape index (κ2) is 37.7. The molecule has 100 heavy (non-hydrogen) atoms. The fraction of sp³-hybridized carbons (Fsp3) is 0.402. The molecule has 0 saturated heterocycles. The number of hydrogen-bond acceptors (Lipinski definition) is 14. The molecule has 0 radical (unpaired) electrons. The summed E-state index contributed by atoms with van der Waals surface area (Å²) in [4.78, 5) is 46.5. The van der Waals surface area contributed by atoms with Crippen molar-refractivity contribution in [2.45, 2.75) is 161 Å². The maximum atomic E-state index is 15.2. The molecule has 7 aromatic carbocycles. The third-order valence-electron chi connectivity index (χ3n) is 18.1. The molecule has 1 unspecified atom stereocenters. The van der Waals surface area contributed by atoms with Gasteiger partial charge in [-0.3, -0.25) is 9.59 Å². The Kier molecular flexibility index (Phi) is 29.9. The number of aldehydes is 2. The average Bonchev–Trinajstić information content (AvgIpc) is 1.62. The normalized spacial score (nSPS) is 15.0. The number of aliphatic hydroxyl groups is 2. The molecule has 3 N–H and O–H groups in total. The number of carbonyl (C=O) groups excluding carboxylic acids is 4. The van der Waals surface area contributed by atoms with Crippen molar-refractivity contribution < 1.29 is 91.8 Å². The van der Waals surface area contributed by atoms with Crippen LogP contribution in [0.15, 0.2) is 158 Å². The predicted molar refractivity (Wildman–Crippen MR) is 381 cm³/mol. The second-order valence-electron chi connectivity index (χ2n) is 27.5. The maximum Gasteiger partial charge on any atom is 0.231 e. The molecule has 1 aromatic heterocycles. The van der Waals surface area contributed by atoms with E-state index in [0.29, 0.717) is 106 Å². The van der Waals surface area contributed by atoms with E-state index in [4.69, 9.17) is 38.3 Å². The van der Waals surface area contributed by atoms with Crippen molar-refractivity contribution in [2.75, 3.05) is 51.9 Å². The molecule has 3 aliphatic heterocycles. The number of aromatic nitrogens is 1. The minimum Gasteiger partial charge on any atom is -0.454 e. The van der Waals surface area contributed by atoms with Gasteiger partial charge < -0.3 is 70.3 Å². The SMILES string of the molecule is CC(C)(C)C1Cc2cc(CC(=O)C3(c4ccc5c(c4)OCO5)CC3)c(F)cc2N1.CC(C)(C)c1cc2cc(CC(=O)C3(c4ccc5c(c4)OCO5)CC3)c(F)cc2n1CCCO.O=CCCOCc1ccccc1.O=CCCOCc1ccccc1.OCCCOCc1ccccc1.[CH3-].[Pd]. The number of nitrogens with zero attached hydrogens (tertiary/aromatic N) is 1. The monoisotopic (exact) mass is 1460 g/mol. The Bertz CT molecular complexity index is 3870. The summed E-state index contributed by atoms with van der Waals surface area (Å²) in [6, 6.07) is 50.4. The molecule has 2 fully saturated rings. The molecule has 1 atom stereocenters. The molecule has 13 rings (SSSR count). The van der Waals surface area contributed by atoms with E-state index in [1.807, 2.05) is 140 Å². The minimum atomic E-state index is -0.563. The summed E-state index contributed by atoms with van der Waals surface area (Å²) in [5.41, 5.74) is 8.99. The van der Waals surface area contributed by atoms with E-state index in [2.05, 4.69) is 57.5 Å². The number of nitrogens with one attached hydrogen (secondary N) is 1. The second-order valence-corrected chi connectivity index (χ2v) is 27.5. The molecule has 0 spiro atoms. The number of Topliss-reactive ketones (excluding diaryl/α,β-unsaturated/α-hetero) is 2. The molecule has 8 aromatic rings. The van der Waals surface area contributed by atoms with E-state index in [-0.39, 0.29) is 108 Å². The summed E-state index contributed by atoms with van der Waals surface area (Å²) in [6.07, 6.45) is 8.17. The number of hydrogen-bond donors (Lipinski definition) is 3. The van der Waals surface area contributed by atoms with Crippen molar-refractivity contribution in [3.05, 3.63) is 227 Å². The first kappa shape index (κ1) is 79.4. The average molecular weight is 1460 g/mol. The largest absolute Gasteiger partial charge is 0.454 e. The van der Waals surface area contributed by atoms with Crippen LogP contribution >= 0.6 is 0 Å². The number of anilines is 1. The molecular formula is C82H97F2N2O13Pd-. The standard InChI is InChI=1S/C27H30FNO4.C24H26FNO3.C10H14O2.2C10H12O2.CH3.Pd/c1-26(2,3)24-12-18-11-17(20(28)15-21(18)29(24)9-4-10-30)13-25(31)27(7-8-27)19-5-6-22-23(14-19)33-16-32-22;1-23(2,3)21-9-15-8-14(17(25)12-18(15)26-21)10-22(27)24(6-7-24)16-4-5-19-20(11-16)29-13-28-19;3*11-7-4-8-12-9-10-5-2-1-3-6-10;;/h5-6,11-12,14-15,30H,4,7-10,13,16H2,1-3H3;4-5,8,11-12,21,26H,6-7,9-10,13H2,1-3H3;1-3,5-6,11H,4,7-9H2;2*1-3,5-7H,4,8-9H2;1H3;/q;;;;;-1;. The summed E-state index contributed by atoms with van der Waals surface area (Å²) in [7, 11) is 0. The zero-order valence-electron chi connectivity index (χ0n) is 58.7. The van der Waals surface area contributed by atoms with Gasteiger partial charge in [0.1, 0.15) is 35.8 Å². The number of aryl methyl sites for hydroxylation is 1. The van der Waals surface area contributed by atoms with E-state index in [1.54, 1.807) is 12.1 Å². The first-order chi connectivity index (χ1) is 47.3. The summed E-state index contributed by atoms with van der Waals surface area (Å²) in [5.74, 6) is 2.20. The van der Waals surface area contributed by atoms with Gasteiger partial charge in [-0.25, -0.2) is 8.78 Å². The van der Waals surface area contributed by atoms with Crippen molar-refractivity contribution >= 4 is 40.7 Å². The molecule has 2 saturated carbocycles. The van der Waals surface area contributed by atoms with Crippen LogP contribution in [-0.4, -0.2) is 91.6 Å². The van der Waals surface area contributed by atoms with E-state index < -0.39 is 10.8 Å². The number of halogens is 2. The van der Waals surface area contributed by atoms with Crippen molar-refractivity contribution in [3.8, 4) is 23.0 Å². The van der Waals surface area contributed by atoms with Crippen molar-refractivity contribution in [2.24, 2.45) is 5.41 Å². The van der Waals surface area contributed by atoms with Crippen molar-refractivity contribution in [3.63, 3.8) is 0 Å². The first-order valence-corrected chi connectivity index (χ1v) is 34.0. The molecule has 5 aliphatic rings. The molecule has 18 heteroatoms. The smallest absolute Gasteiger partial charge is 0.231 e. The van der Waals surface area contributed by atoms with Crippen molar-refractivity contribution in [1.82, 2.24) is 4.57 Å². The molecule has 2 aliphatic carbocycles. The van der Waals surface area contributed by atoms with Crippen LogP contribution in [0.4, 0.5) is 14.5 Å². The zero-order valence-corrected chi connectivity index (χ0v) is 60.3. The zero-order chi connectivity index (χ0) is 69.7. The van der Waals surface area contributed by atoms with Gasteiger partial charge in [-0.2, -0.15) is 0 Å². The molecule has 4 heterocycles. The van der Waals surface area contributed by atoms with Gasteiger partial charge >= 0.3 is 0 Å². The Labute approximate surface area is 601 Å².